The summed E-state index contributed by atoms with van der Waals surface area (Å²) in [4.78, 5) is 35.2. The lowest BCUT2D eigenvalue weighted by Gasteiger charge is -2.24. The molecule has 2 aromatic heterocycles. The highest BCUT2D eigenvalue weighted by Crippen LogP contribution is 2.35. The molecule has 0 saturated carbocycles. The van der Waals surface area contributed by atoms with E-state index in [1.807, 2.05) is 66.9 Å². The van der Waals surface area contributed by atoms with Crippen molar-refractivity contribution in [2.24, 2.45) is 5.92 Å². The topological polar surface area (TPSA) is 108 Å². The maximum Gasteiger partial charge on any atom is 0.415 e. The van der Waals surface area contributed by atoms with Crippen LogP contribution in [-0.4, -0.2) is 34.6 Å². The van der Waals surface area contributed by atoms with Crippen LogP contribution in [0.25, 0.3) is 10.2 Å². The smallest absolute Gasteiger partial charge is 0.415 e. The molecule has 0 aliphatic carbocycles. The average molecular weight is 543 g/mol. The molecule has 1 fully saturated rings. The number of benzene rings is 2. The summed E-state index contributed by atoms with van der Waals surface area (Å²) in [6, 6.07) is 17.3. The number of thiophene rings is 1. The zero-order valence-electron chi connectivity index (χ0n) is 22.0. The average Bonchev–Trinajstić information content (AvgIpc) is 3.56. The first-order valence-corrected chi connectivity index (χ1v) is 13.6. The lowest BCUT2D eigenvalue weighted by atomic mass is 10.0. The van der Waals surface area contributed by atoms with E-state index < -0.39 is 0 Å². The fraction of sp³-hybridized carbons (Fsp3) is 0.241. The van der Waals surface area contributed by atoms with Gasteiger partial charge in [0, 0.05) is 17.1 Å². The van der Waals surface area contributed by atoms with Gasteiger partial charge in [-0.05, 0) is 72.3 Å². The number of ether oxygens (including phenoxy) is 1. The molecule has 1 aliphatic heterocycles. The van der Waals surface area contributed by atoms with E-state index in [0.29, 0.717) is 24.1 Å². The molecule has 2 amide bonds. The summed E-state index contributed by atoms with van der Waals surface area (Å²) in [5, 5.41) is 11.5. The number of nitrogens with one attached hydrogen (secondary N) is 3. The first-order chi connectivity index (χ1) is 18.8. The molecule has 200 valence electrons. The highest BCUT2D eigenvalue weighted by Gasteiger charge is 2.38. The van der Waals surface area contributed by atoms with Gasteiger partial charge in [-0.2, -0.15) is 4.98 Å². The molecule has 39 heavy (non-hydrogen) atoms. The normalized spacial score (nSPS) is 15.7. The van der Waals surface area contributed by atoms with E-state index in [9.17, 15) is 9.59 Å². The molecule has 9 nitrogen and oxygen atoms in total. The number of aromatic nitrogens is 2. The van der Waals surface area contributed by atoms with Crippen LogP contribution >= 0.6 is 11.3 Å². The number of cyclic esters (lactones) is 1. The Hall–Kier alpha value is -4.44. The number of hydrogen-bond acceptors (Lipinski definition) is 8. The third-order valence-electron chi connectivity index (χ3n) is 6.57. The lowest BCUT2D eigenvalue weighted by Crippen LogP contribution is -2.38. The van der Waals surface area contributed by atoms with Crippen molar-refractivity contribution in [1.82, 2.24) is 9.97 Å². The fourth-order valence-electron chi connectivity index (χ4n) is 4.38. The summed E-state index contributed by atoms with van der Waals surface area (Å²) in [6.45, 7) is 10.0. The van der Waals surface area contributed by atoms with Gasteiger partial charge in [0.2, 0.25) is 11.9 Å². The molecule has 5 rings (SSSR count). The van der Waals surface area contributed by atoms with E-state index in [1.165, 1.54) is 17.4 Å². The van der Waals surface area contributed by atoms with E-state index in [2.05, 4.69) is 36.4 Å². The minimum absolute atomic E-state index is 0.0786. The molecule has 0 radical (unpaired) electrons. The number of carbonyl (C=O) groups excluding carboxylic acids is 2. The molecule has 2 atom stereocenters. The number of hydrogen-bond donors (Lipinski definition) is 3. The van der Waals surface area contributed by atoms with E-state index in [1.54, 1.807) is 4.90 Å². The summed E-state index contributed by atoms with van der Waals surface area (Å²) in [6.07, 6.45) is 0.862. The van der Waals surface area contributed by atoms with Crippen LogP contribution in [0.2, 0.25) is 0 Å². The Morgan fingerprint density at radius 2 is 1.72 bits per heavy atom. The summed E-state index contributed by atoms with van der Waals surface area (Å²) >= 11 is 1.52. The Balaban J connectivity index is 1.30. The van der Waals surface area contributed by atoms with Crippen LogP contribution in [0.3, 0.4) is 0 Å². The molecule has 0 spiro atoms. The van der Waals surface area contributed by atoms with Gasteiger partial charge in [0.25, 0.3) is 0 Å². The summed E-state index contributed by atoms with van der Waals surface area (Å²) in [5.41, 5.74) is 4.37. The minimum atomic E-state index is -0.375. The summed E-state index contributed by atoms with van der Waals surface area (Å²) in [7, 11) is 0. The monoisotopic (exact) mass is 542 g/mol. The molecular weight excluding hydrogens is 512 g/mol. The number of nitrogens with zero attached hydrogens (tertiary/aromatic N) is 3. The van der Waals surface area contributed by atoms with E-state index >= 15 is 0 Å². The van der Waals surface area contributed by atoms with Gasteiger partial charge >= 0.3 is 6.09 Å². The van der Waals surface area contributed by atoms with Gasteiger partial charge in [-0.15, -0.1) is 11.3 Å². The second-order valence-electron chi connectivity index (χ2n) is 9.65. The van der Waals surface area contributed by atoms with Gasteiger partial charge < -0.3 is 20.7 Å². The summed E-state index contributed by atoms with van der Waals surface area (Å²) < 4.78 is 6.24. The highest BCUT2D eigenvalue weighted by atomic mass is 32.1. The third-order valence-corrected chi connectivity index (χ3v) is 7.47. The van der Waals surface area contributed by atoms with Crippen molar-refractivity contribution < 1.29 is 14.3 Å². The van der Waals surface area contributed by atoms with Crippen LogP contribution in [0, 0.1) is 5.92 Å². The number of anilines is 5. The minimum Gasteiger partial charge on any atom is -0.447 e. The number of carbonyl (C=O) groups is 2. The van der Waals surface area contributed by atoms with Crippen molar-refractivity contribution >= 4 is 62.4 Å². The molecule has 10 heteroatoms. The van der Waals surface area contributed by atoms with Crippen LogP contribution in [0.1, 0.15) is 32.4 Å². The number of fused-ring (bicyclic) bond motifs is 1. The van der Waals surface area contributed by atoms with Crippen molar-refractivity contribution in [3.63, 3.8) is 0 Å². The number of amides is 2. The van der Waals surface area contributed by atoms with Gasteiger partial charge in [-0.25, -0.2) is 9.78 Å². The fourth-order valence-corrected chi connectivity index (χ4v) is 5.19. The Kier molecular flexibility index (Phi) is 7.47. The molecular formula is C29H30N6O3S. The first kappa shape index (κ1) is 26.2. The van der Waals surface area contributed by atoms with Crippen LogP contribution in [-0.2, 0) is 9.53 Å². The third kappa shape index (κ3) is 5.70. The predicted molar refractivity (Wildman–Crippen MR) is 157 cm³/mol. The van der Waals surface area contributed by atoms with E-state index in [4.69, 9.17) is 14.7 Å². The van der Waals surface area contributed by atoms with Crippen molar-refractivity contribution in [2.75, 3.05) is 27.5 Å². The maximum atomic E-state index is 12.6. The van der Waals surface area contributed by atoms with Crippen LogP contribution in [0.4, 0.5) is 33.6 Å². The second-order valence-corrected chi connectivity index (χ2v) is 10.6. The molecule has 3 heterocycles. The van der Waals surface area contributed by atoms with Gasteiger partial charge in [0.15, 0.2) is 5.82 Å². The predicted octanol–water partition coefficient (Wildman–Crippen LogP) is 6.71. The highest BCUT2D eigenvalue weighted by molar-refractivity contribution is 7.17. The van der Waals surface area contributed by atoms with Crippen molar-refractivity contribution in [3.05, 3.63) is 78.2 Å². The zero-order chi connectivity index (χ0) is 27.5. The van der Waals surface area contributed by atoms with Gasteiger partial charge in [-0.1, -0.05) is 32.6 Å². The van der Waals surface area contributed by atoms with Crippen molar-refractivity contribution in [1.29, 1.82) is 0 Å². The molecule has 1 aliphatic rings. The van der Waals surface area contributed by atoms with Crippen LogP contribution in [0.5, 0.6) is 0 Å². The van der Waals surface area contributed by atoms with E-state index in [-0.39, 0.29) is 30.0 Å². The second kappa shape index (κ2) is 11.1. The largest absolute Gasteiger partial charge is 0.447 e. The number of rotatable bonds is 9. The summed E-state index contributed by atoms with van der Waals surface area (Å²) in [5.74, 6) is 1.01. The zero-order valence-corrected chi connectivity index (χ0v) is 22.8. The van der Waals surface area contributed by atoms with Crippen LogP contribution < -0.4 is 20.9 Å². The first-order valence-electron chi connectivity index (χ1n) is 12.7. The molecule has 1 saturated heterocycles. The Labute approximate surface area is 230 Å². The molecule has 0 unspecified atom stereocenters. The Morgan fingerprint density at radius 1 is 1.05 bits per heavy atom. The maximum absolute atomic E-state index is 12.6. The van der Waals surface area contributed by atoms with Gasteiger partial charge in [0.1, 0.15) is 6.61 Å². The molecule has 0 bridgehead atoms. The lowest BCUT2D eigenvalue weighted by molar-refractivity contribution is -0.111. The van der Waals surface area contributed by atoms with Crippen LogP contribution in [0.15, 0.2) is 72.6 Å². The standard InChI is InChI=1S/C29H30N6O3S/c1-5-25(36)32-22-12-10-21(11-13-22)31-20-8-6-19(7-9-20)18(4)30-28-33-23-14-15-39-26(23)27(34-28)35-24(17(2)3)16-38-29(35)37/h5-15,17-18,24,31H,1,16H2,2-4H3,(H,32,36)(H,30,33,34)/t18-,24+/m0/s1. The Bertz CT molecular complexity index is 1500. The van der Waals surface area contributed by atoms with Gasteiger partial charge in [0.05, 0.1) is 22.3 Å². The quantitative estimate of drug-likeness (QED) is 0.202. The molecule has 3 N–H and O–H groups in total. The SMILES string of the molecule is C=CC(=O)Nc1ccc(Nc2ccc([C@H](C)Nc3nc(N4C(=O)OC[C@@H]4C(C)C)c4sccc4n3)cc2)cc1. The van der Waals surface area contributed by atoms with Crippen molar-refractivity contribution in [3.8, 4) is 0 Å². The van der Waals surface area contributed by atoms with E-state index in [0.717, 1.165) is 27.2 Å². The Morgan fingerprint density at radius 3 is 2.38 bits per heavy atom. The molecule has 4 aromatic rings. The van der Waals surface area contributed by atoms with Crippen molar-refractivity contribution in [2.45, 2.75) is 32.9 Å². The molecule has 2 aromatic carbocycles. The van der Waals surface area contributed by atoms with Gasteiger partial charge in [-0.3, -0.25) is 9.69 Å².